The van der Waals surface area contributed by atoms with Crippen molar-refractivity contribution in [3.63, 3.8) is 0 Å². The number of Topliss-reactive ketones (excluding diaryl/α,β-unsaturated/α-hetero) is 1. The zero-order valence-corrected chi connectivity index (χ0v) is 8.52. The van der Waals surface area contributed by atoms with Crippen molar-refractivity contribution in [2.75, 3.05) is 0 Å². The van der Waals surface area contributed by atoms with Crippen molar-refractivity contribution < 1.29 is 9.59 Å². The average molecular weight is 183 g/mol. The van der Waals surface area contributed by atoms with E-state index < -0.39 is 0 Å². The van der Waals surface area contributed by atoms with Gasteiger partial charge in [0.15, 0.2) is 5.78 Å². The third kappa shape index (κ3) is 6.08. The van der Waals surface area contributed by atoms with Crippen molar-refractivity contribution in [1.82, 2.24) is 5.32 Å². The van der Waals surface area contributed by atoms with Gasteiger partial charge in [-0.2, -0.15) is 0 Å². The maximum atomic E-state index is 11.0. The molecule has 0 aliphatic carbocycles. The molecule has 3 nitrogen and oxygen atoms in total. The lowest BCUT2D eigenvalue weighted by Crippen LogP contribution is -2.14. The largest absolute Gasteiger partial charge is 0.333 e. The van der Waals surface area contributed by atoms with Crippen molar-refractivity contribution in [3.05, 3.63) is 11.8 Å². The molecule has 0 saturated heterocycles. The summed E-state index contributed by atoms with van der Waals surface area (Å²) in [4.78, 5) is 21.6. The van der Waals surface area contributed by atoms with Crippen molar-refractivity contribution >= 4 is 11.7 Å². The molecule has 0 aromatic rings. The fourth-order valence-electron chi connectivity index (χ4n) is 0.906. The molecule has 74 valence electrons. The van der Waals surface area contributed by atoms with Gasteiger partial charge in [-0.3, -0.25) is 9.59 Å². The zero-order valence-electron chi connectivity index (χ0n) is 8.52. The molecule has 0 heterocycles. The summed E-state index contributed by atoms with van der Waals surface area (Å²) < 4.78 is 0. The third-order valence-corrected chi connectivity index (χ3v) is 1.70. The van der Waals surface area contributed by atoms with Gasteiger partial charge in [-0.15, -0.1) is 0 Å². The molecule has 13 heavy (non-hydrogen) atoms. The molecule has 0 aliphatic heterocycles. The van der Waals surface area contributed by atoms with Crippen LogP contribution in [0, 0.1) is 0 Å². The Morgan fingerprint density at radius 1 is 1.31 bits per heavy atom. The number of nitrogens with one attached hydrogen (secondary N) is 1. The van der Waals surface area contributed by atoms with Gasteiger partial charge in [0.1, 0.15) is 0 Å². The number of carbonyl (C=O) groups excluding carboxylic acids is 2. The second kappa shape index (κ2) is 6.40. The van der Waals surface area contributed by atoms with Crippen LogP contribution in [-0.2, 0) is 9.59 Å². The fourth-order valence-corrected chi connectivity index (χ4v) is 0.906. The smallest absolute Gasteiger partial charge is 0.220 e. The van der Waals surface area contributed by atoms with Gasteiger partial charge in [-0.25, -0.2) is 0 Å². The van der Waals surface area contributed by atoms with E-state index in [4.69, 9.17) is 0 Å². The number of carbonyl (C=O) groups is 2. The number of rotatable bonds is 5. The van der Waals surface area contributed by atoms with Crippen LogP contribution in [0.4, 0.5) is 0 Å². The van der Waals surface area contributed by atoms with E-state index in [1.807, 2.05) is 0 Å². The number of unbranched alkanes of at least 4 members (excludes halogenated alkanes) is 1. The number of hydrogen-bond donors (Lipinski definition) is 1. The quantitative estimate of drug-likeness (QED) is 0.660. The van der Waals surface area contributed by atoms with Crippen molar-refractivity contribution in [2.45, 2.75) is 40.0 Å². The second-order valence-electron chi connectivity index (χ2n) is 3.03. The SMILES string of the molecule is CCCC/C(=C/NC(C)=O)C(C)=O. The maximum absolute atomic E-state index is 11.0. The van der Waals surface area contributed by atoms with Gasteiger partial charge in [0.2, 0.25) is 5.91 Å². The molecule has 0 radical (unpaired) electrons. The van der Waals surface area contributed by atoms with Crippen LogP contribution in [-0.4, -0.2) is 11.7 Å². The lowest BCUT2D eigenvalue weighted by molar-refractivity contribution is -0.118. The Bertz CT molecular complexity index is 219. The van der Waals surface area contributed by atoms with E-state index in [-0.39, 0.29) is 11.7 Å². The lowest BCUT2D eigenvalue weighted by atomic mass is 10.1. The minimum absolute atomic E-state index is 0.0298. The molecule has 0 spiro atoms. The molecular formula is C10H17NO2. The zero-order chi connectivity index (χ0) is 10.3. The molecule has 0 atom stereocenters. The average Bonchev–Trinajstić information content (AvgIpc) is 2.03. The van der Waals surface area contributed by atoms with Crippen molar-refractivity contribution in [2.24, 2.45) is 0 Å². The van der Waals surface area contributed by atoms with Crippen LogP contribution in [0.5, 0.6) is 0 Å². The molecule has 0 aromatic carbocycles. The highest BCUT2D eigenvalue weighted by Gasteiger charge is 2.02. The van der Waals surface area contributed by atoms with Gasteiger partial charge in [0.05, 0.1) is 0 Å². The highest BCUT2D eigenvalue weighted by molar-refractivity contribution is 5.93. The maximum Gasteiger partial charge on any atom is 0.220 e. The Hall–Kier alpha value is -1.12. The Morgan fingerprint density at radius 2 is 1.92 bits per heavy atom. The van der Waals surface area contributed by atoms with Crippen LogP contribution in [0.3, 0.4) is 0 Å². The predicted octanol–water partition coefficient (Wildman–Crippen LogP) is 1.79. The molecule has 0 aromatic heterocycles. The Balaban J connectivity index is 4.15. The predicted molar refractivity (Wildman–Crippen MR) is 52.1 cm³/mol. The van der Waals surface area contributed by atoms with Gasteiger partial charge in [-0.1, -0.05) is 13.3 Å². The molecule has 0 rings (SSSR count). The normalized spacial score (nSPS) is 11.2. The number of amides is 1. The lowest BCUT2D eigenvalue weighted by Gasteiger charge is -2.02. The first-order chi connectivity index (χ1) is 6.07. The van der Waals surface area contributed by atoms with Crippen LogP contribution in [0.25, 0.3) is 0 Å². The summed E-state index contributed by atoms with van der Waals surface area (Å²) in [6.07, 6.45) is 4.28. The summed E-state index contributed by atoms with van der Waals surface area (Å²) in [5, 5.41) is 2.51. The molecule has 0 bridgehead atoms. The van der Waals surface area contributed by atoms with Gasteiger partial charge in [0, 0.05) is 18.7 Å². The molecule has 0 unspecified atom stereocenters. The summed E-state index contributed by atoms with van der Waals surface area (Å²) in [7, 11) is 0. The van der Waals surface area contributed by atoms with Crippen LogP contribution in [0.1, 0.15) is 40.0 Å². The standard InChI is InChI=1S/C10H17NO2/c1-4-5-6-10(8(2)12)7-11-9(3)13/h7H,4-6H2,1-3H3,(H,11,13)/b10-7-. The molecule has 1 N–H and O–H groups in total. The summed E-state index contributed by atoms with van der Waals surface area (Å²) in [5.74, 6) is -0.113. The Kier molecular flexibility index (Phi) is 5.85. The molecule has 3 heteroatoms. The molecular weight excluding hydrogens is 166 g/mol. The summed E-state index contributed by atoms with van der Waals surface area (Å²) in [6, 6.07) is 0. The Labute approximate surface area is 79.2 Å². The first-order valence-corrected chi connectivity index (χ1v) is 4.55. The third-order valence-electron chi connectivity index (χ3n) is 1.70. The monoisotopic (exact) mass is 183 g/mol. The van der Waals surface area contributed by atoms with Crippen LogP contribution in [0.2, 0.25) is 0 Å². The van der Waals surface area contributed by atoms with E-state index in [1.54, 1.807) is 0 Å². The van der Waals surface area contributed by atoms with Crippen LogP contribution in [0.15, 0.2) is 11.8 Å². The minimum atomic E-state index is -0.143. The first kappa shape index (κ1) is 11.9. The summed E-state index contributed by atoms with van der Waals surface area (Å²) in [5.41, 5.74) is 0.692. The number of ketones is 1. The van der Waals surface area contributed by atoms with E-state index in [2.05, 4.69) is 12.2 Å². The van der Waals surface area contributed by atoms with Crippen LogP contribution < -0.4 is 5.32 Å². The van der Waals surface area contributed by atoms with Gasteiger partial charge < -0.3 is 5.32 Å². The number of hydrogen-bond acceptors (Lipinski definition) is 2. The second-order valence-corrected chi connectivity index (χ2v) is 3.03. The minimum Gasteiger partial charge on any atom is -0.333 e. The fraction of sp³-hybridized carbons (Fsp3) is 0.600. The van der Waals surface area contributed by atoms with Crippen molar-refractivity contribution in [1.29, 1.82) is 0 Å². The first-order valence-electron chi connectivity index (χ1n) is 4.55. The van der Waals surface area contributed by atoms with E-state index in [0.29, 0.717) is 5.57 Å². The highest BCUT2D eigenvalue weighted by atomic mass is 16.1. The van der Waals surface area contributed by atoms with E-state index in [0.717, 1.165) is 19.3 Å². The number of allylic oxidation sites excluding steroid dienone is 1. The molecule has 0 saturated carbocycles. The highest BCUT2D eigenvalue weighted by Crippen LogP contribution is 2.06. The van der Waals surface area contributed by atoms with Gasteiger partial charge >= 0.3 is 0 Å². The van der Waals surface area contributed by atoms with E-state index in [9.17, 15) is 9.59 Å². The molecule has 0 aliphatic rings. The van der Waals surface area contributed by atoms with Crippen molar-refractivity contribution in [3.8, 4) is 0 Å². The van der Waals surface area contributed by atoms with Gasteiger partial charge in [0.25, 0.3) is 0 Å². The van der Waals surface area contributed by atoms with Gasteiger partial charge in [-0.05, 0) is 19.8 Å². The summed E-state index contributed by atoms with van der Waals surface area (Å²) in [6.45, 7) is 5.01. The Morgan fingerprint density at radius 3 is 2.31 bits per heavy atom. The van der Waals surface area contributed by atoms with Crippen LogP contribution >= 0.6 is 0 Å². The topological polar surface area (TPSA) is 46.2 Å². The summed E-state index contributed by atoms with van der Waals surface area (Å²) >= 11 is 0. The molecule has 1 amide bonds. The van der Waals surface area contributed by atoms with E-state index >= 15 is 0 Å². The van der Waals surface area contributed by atoms with E-state index in [1.165, 1.54) is 20.0 Å². The molecule has 0 fully saturated rings.